The van der Waals surface area contributed by atoms with Gasteiger partial charge in [-0.2, -0.15) is 13.2 Å². The van der Waals surface area contributed by atoms with Crippen molar-refractivity contribution < 1.29 is 21.6 Å². The Labute approximate surface area is 140 Å². The van der Waals surface area contributed by atoms with Crippen LogP contribution in [0.3, 0.4) is 0 Å². The standard InChI is InChI=1S/C14H19F3N2O2S.ClH/c15-14(16,17)8-10-4-6-12(7-5-10)22(20,21)19-13-3-1-2-11(13)9-18;/h4-7,11,13,19H,1-3,8-9,18H2;1H. The van der Waals surface area contributed by atoms with Crippen LogP contribution in [0.2, 0.25) is 0 Å². The van der Waals surface area contributed by atoms with Gasteiger partial charge in [-0.3, -0.25) is 0 Å². The molecule has 1 aromatic rings. The van der Waals surface area contributed by atoms with E-state index in [-0.39, 0.29) is 34.8 Å². The molecule has 0 aliphatic heterocycles. The van der Waals surface area contributed by atoms with Crippen LogP contribution in [0.25, 0.3) is 0 Å². The van der Waals surface area contributed by atoms with Crippen molar-refractivity contribution in [3.63, 3.8) is 0 Å². The minimum Gasteiger partial charge on any atom is -0.330 e. The van der Waals surface area contributed by atoms with Gasteiger partial charge in [-0.1, -0.05) is 18.6 Å². The molecule has 1 aliphatic carbocycles. The maximum Gasteiger partial charge on any atom is 0.393 e. The molecule has 0 heterocycles. The Morgan fingerprint density at radius 3 is 2.30 bits per heavy atom. The minimum atomic E-state index is -4.31. The largest absolute Gasteiger partial charge is 0.393 e. The fraction of sp³-hybridized carbons (Fsp3) is 0.571. The van der Waals surface area contributed by atoms with Gasteiger partial charge in [0.15, 0.2) is 0 Å². The summed E-state index contributed by atoms with van der Waals surface area (Å²) in [6, 6.07) is 4.59. The van der Waals surface area contributed by atoms with Gasteiger partial charge in [-0.05, 0) is 43.0 Å². The number of alkyl halides is 3. The Morgan fingerprint density at radius 2 is 1.78 bits per heavy atom. The second-order valence-corrected chi connectivity index (χ2v) is 7.30. The maximum atomic E-state index is 12.3. The molecule has 1 fully saturated rings. The van der Waals surface area contributed by atoms with E-state index in [4.69, 9.17) is 5.73 Å². The van der Waals surface area contributed by atoms with Gasteiger partial charge in [0.25, 0.3) is 0 Å². The summed E-state index contributed by atoms with van der Waals surface area (Å²) >= 11 is 0. The summed E-state index contributed by atoms with van der Waals surface area (Å²) in [6.45, 7) is 0.414. The summed E-state index contributed by atoms with van der Waals surface area (Å²) in [6.07, 6.45) is -2.85. The van der Waals surface area contributed by atoms with Crippen molar-refractivity contribution >= 4 is 22.4 Å². The highest BCUT2D eigenvalue weighted by Gasteiger charge is 2.31. The molecule has 0 radical (unpaired) electrons. The molecule has 2 rings (SSSR count). The minimum absolute atomic E-state index is 0. The van der Waals surface area contributed by atoms with Crippen molar-refractivity contribution in [1.29, 1.82) is 0 Å². The van der Waals surface area contributed by atoms with E-state index in [0.717, 1.165) is 19.3 Å². The van der Waals surface area contributed by atoms with Crippen molar-refractivity contribution in [1.82, 2.24) is 4.72 Å². The van der Waals surface area contributed by atoms with Gasteiger partial charge in [0, 0.05) is 6.04 Å². The molecule has 4 nitrogen and oxygen atoms in total. The van der Waals surface area contributed by atoms with E-state index in [1.54, 1.807) is 0 Å². The SMILES string of the molecule is Cl.NCC1CCCC1NS(=O)(=O)c1ccc(CC(F)(F)F)cc1. The fourth-order valence-corrected chi connectivity index (χ4v) is 4.10. The normalized spacial score (nSPS) is 21.9. The number of rotatable bonds is 5. The van der Waals surface area contributed by atoms with Crippen LogP contribution in [-0.4, -0.2) is 27.2 Å². The quantitative estimate of drug-likeness (QED) is 0.834. The zero-order valence-electron chi connectivity index (χ0n) is 12.3. The van der Waals surface area contributed by atoms with Gasteiger partial charge in [-0.15, -0.1) is 12.4 Å². The van der Waals surface area contributed by atoms with E-state index >= 15 is 0 Å². The summed E-state index contributed by atoms with van der Waals surface area (Å²) in [4.78, 5) is -0.0268. The molecule has 23 heavy (non-hydrogen) atoms. The van der Waals surface area contributed by atoms with E-state index < -0.39 is 22.6 Å². The molecular formula is C14H20ClF3N2O2S. The van der Waals surface area contributed by atoms with Crippen LogP contribution in [0.5, 0.6) is 0 Å². The van der Waals surface area contributed by atoms with Crippen molar-refractivity contribution in [2.75, 3.05) is 6.54 Å². The predicted octanol–water partition coefficient (Wildman–Crippen LogP) is 2.62. The second-order valence-electron chi connectivity index (χ2n) is 5.59. The maximum absolute atomic E-state index is 12.3. The third kappa shape index (κ3) is 5.63. The van der Waals surface area contributed by atoms with E-state index in [9.17, 15) is 21.6 Å². The number of hydrogen-bond acceptors (Lipinski definition) is 3. The van der Waals surface area contributed by atoms with Crippen LogP contribution in [0, 0.1) is 5.92 Å². The van der Waals surface area contributed by atoms with E-state index in [0.29, 0.717) is 6.54 Å². The Kier molecular flexibility index (Phi) is 6.88. The molecule has 2 atom stereocenters. The van der Waals surface area contributed by atoms with E-state index in [2.05, 4.69) is 4.72 Å². The molecule has 9 heteroatoms. The zero-order chi connectivity index (χ0) is 16.4. The zero-order valence-corrected chi connectivity index (χ0v) is 14.0. The molecule has 1 aromatic carbocycles. The van der Waals surface area contributed by atoms with Crippen LogP contribution < -0.4 is 10.5 Å². The third-order valence-corrected chi connectivity index (χ3v) is 5.41. The number of nitrogens with two attached hydrogens (primary N) is 1. The lowest BCUT2D eigenvalue weighted by atomic mass is 10.1. The molecule has 3 N–H and O–H groups in total. The molecule has 132 valence electrons. The number of halogens is 4. The van der Waals surface area contributed by atoms with Crippen LogP contribution in [-0.2, 0) is 16.4 Å². The second kappa shape index (κ2) is 7.83. The van der Waals surface area contributed by atoms with E-state index in [1.807, 2.05) is 0 Å². The third-order valence-electron chi connectivity index (χ3n) is 3.91. The van der Waals surface area contributed by atoms with Crippen LogP contribution in [0.1, 0.15) is 24.8 Å². The fourth-order valence-electron chi connectivity index (χ4n) is 2.76. The first-order valence-corrected chi connectivity index (χ1v) is 8.58. The molecule has 1 saturated carbocycles. The monoisotopic (exact) mass is 372 g/mol. The van der Waals surface area contributed by atoms with Crippen molar-refractivity contribution in [3.05, 3.63) is 29.8 Å². The van der Waals surface area contributed by atoms with Gasteiger partial charge in [-0.25, -0.2) is 13.1 Å². The Bertz CT molecular complexity index is 605. The highest BCUT2D eigenvalue weighted by molar-refractivity contribution is 7.89. The van der Waals surface area contributed by atoms with Gasteiger partial charge in [0.05, 0.1) is 11.3 Å². The average molecular weight is 373 g/mol. The molecule has 0 aromatic heterocycles. The first-order chi connectivity index (χ1) is 10.2. The van der Waals surface area contributed by atoms with Crippen LogP contribution >= 0.6 is 12.4 Å². The summed E-state index contributed by atoms with van der Waals surface area (Å²) in [7, 11) is -3.73. The predicted molar refractivity (Wildman–Crippen MR) is 84.0 cm³/mol. The van der Waals surface area contributed by atoms with Crippen molar-refractivity contribution in [2.45, 2.75) is 42.8 Å². The van der Waals surface area contributed by atoms with Gasteiger partial charge >= 0.3 is 6.18 Å². The molecule has 0 saturated heterocycles. The Morgan fingerprint density at radius 1 is 1.17 bits per heavy atom. The lowest BCUT2D eigenvalue weighted by Crippen LogP contribution is -2.39. The molecule has 2 unspecified atom stereocenters. The molecule has 0 amide bonds. The highest BCUT2D eigenvalue weighted by Crippen LogP contribution is 2.27. The highest BCUT2D eigenvalue weighted by atomic mass is 35.5. The molecule has 0 bridgehead atoms. The summed E-state index contributed by atoms with van der Waals surface area (Å²) < 4.78 is 64.0. The Hall–Kier alpha value is -0.830. The first kappa shape index (κ1) is 20.2. The van der Waals surface area contributed by atoms with Gasteiger partial charge in [0.1, 0.15) is 0 Å². The van der Waals surface area contributed by atoms with Gasteiger partial charge in [0.2, 0.25) is 10.0 Å². The average Bonchev–Trinajstić information content (AvgIpc) is 2.84. The van der Waals surface area contributed by atoms with Crippen LogP contribution in [0.4, 0.5) is 13.2 Å². The van der Waals surface area contributed by atoms with Crippen molar-refractivity contribution in [2.24, 2.45) is 11.7 Å². The molecular weight excluding hydrogens is 353 g/mol. The number of sulfonamides is 1. The topological polar surface area (TPSA) is 72.2 Å². The number of hydrogen-bond donors (Lipinski definition) is 2. The van der Waals surface area contributed by atoms with Crippen molar-refractivity contribution in [3.8, 4) is 0 Å². The van der Waals surface area contributed by atoms with Gasteiger partial charge < -0.3 is 5.73 Å². The summed E-state index contributed by atoms with van der Waals surface area (Å²) in [5, 5.41) is 0. The lowest BCUT2D eigenvalue weighted by molar-refractivity contribution is -0.127. The van der Waals surface area contributed by atoms with E-state index in [1.165, 1.54) is 24.3 Å². The number of benzene rings is 1. The molecule has 1 aliphatic rings. The number of nitrogens with one attached hydrogen (secondary N) is 1. The smallest absolute Gasteiger partial charge is 0.330 e. The summed E-state index contributed by atoms with van der Waals surface area (Å²) in [5.74, 6) is 0.110. The Balaban J connectivity index is 0.00000264. The molecule has 0 spiro atoms. The summed E-state index contributed by atoms with van der Waals surface area (Å²) in [5.41, 5.74) is 5.65. The lowest BCUT2D eigenvalue weighted by Gasteiger charge is -2.19. The van der Waals surface area contributed by atoms with Crippen LogP contribution in [0.15, 0.2) is 29.2 Å². The first-order valence-electron chi connectivity index (χ1n) is 7.09.